The summed E-state index contributed by atoms with van der Waals surface area (Å²) in [6.07, 6.45) is 0. The molecule has 0 unspecified atom stereocenters. The fourth-order valence-electron chi connectivity index (χ4n) is 2.63. The molecule has 0 radical (unpaired) electrons. The van der Waals surface area contributed by atoms with Gasteiger partial charge in [-0.25, -0.2) is 0 Å². The molecule has 1 fully saturated rings. The van der Waals surface area contributed by atoms with Gasteiger partial charge in [0.25, 0.3) is 0 Å². The molecular formula is C14H20BrNO2. The lowest BCUT2D eigenvalue weighted by Gasteiger charge is -2.43. The summed E-state index contributed by atoms with van der Waals surface area (Å²) in [5, 5.41) is 3.39. The van der Waals surface area contributed by atoms with Crippen molar-refractivity contribution in [3.05, 3.63) is 26.7 Å². The monoisotopic (exact) mass is 313 g/mol. The van der Waals surface area contributed by atoms with E-state index in [1.807, 2.05) is 7.05 Å². The Hall–Kier alpha value is -0.580. The molecule has 18 heavy (non-hydrogen) atoms. The summed E-state index contributed by atoms with van der Waals surface area (Å²) < 4.78 is 12.2. The van der Waals surface area contributed by atoms with E-state index >= 15 is 0 Å². The molecule has 1 saturated heterocycles. The molecule has 1 aliphatic rings. The highest BCUT2D eigenvalue weighted by Gasteiger charge is 2.43. The smallest absolute Gasteiger partial charge is 0.127 e. The van der Waals surface area contributed by atoms with Gasteiger partial charge in [0.1, 0.15) is 5.75 Å². The maximum Gasteiger partial charge on any atom is 0.127 e. The zero-order valence-electron chi connectivity index (χ0n) is 11.6. The molecule has 0 aromatic heterocycles. The molecule has 4 heteroatoms. The Bertz CT molecular complexity index is 476. The Labute approximate surface area is 117 Å². The van der Waals surface area contributed by atoms with Gasteiger partial charge < -0.3 is 14.8 Å². The minimum atomic E-state index is -0.115. The maximum absolute atomic E-state index is 5.66. The van der Waals surface area contributed by atoms with E-state index in [1.165, 1.54) is 22.3 Å². The van der Waals surface area contributed by atoms with Crippen molar-refractivity contribution < 1.29 is 9.47 Å². The van der Waals surface area contributed by atoms with E-state index in [0.29, 0.717) is 13.2 Å². The SMILES string of the molecule is CNC1(c2c(C)c(Br)c(C)c(C)c2OC)COC1. The van der Waals surface area contributed by atoms with E-state index in [4.69, 9.17) is 9.47 Å². The van der Waals surface area contributed by atoms with Crippen molar-refractivity contribution in [1.82, 2.24) is 5.32 Å². The minimum absolute atomic E-state index is 0.115. The van der Waals surface area contributed by atoms with Crippen LogP contribution >= 0.6 is 15.9 Å². The van der Waals surface area contributed by atoms with Gasteiger partial charge >= 0.3 is 0 Å². The molecule has 0 spiro atoms. The van der Waals surface area contributed by atoms with Crippen LogP contribution in [0.3, 0.4) is 0 Å². The third-order valence-electron chi connectivity index (χ3n) is 4.02. The Morgan fingerprint density at radius 1 is 1.17 bits per heavy atom. The van der Waals surface area contributed by atoms with Crippen LogP contribution in [0.2, 0.25) is 0 Å². The molecule has 1 aromatic carbocycles. The van der Waals surface area contributed by atoms with Crippen LogP contribution in [0.4, 0.5) is 0 Å². The number of hydrogen-bond donors (Lipinski definition) is 1. The highest BCUT2D eigenvalue weighted by molar-refractivity contribution is 9.10. The summed E-state index contributed by atoms with van der Waals surface area (Å²) in [6.45, 7) is 7.73. The van der Waals surface area contributed by atoms with Crippen molar-refractivity contribution in [3.63, 3.8) is 0 Å². The van der Waals surface area contributed by atoms with E-state index in [9.17, 15) is 0 Å². The van der Waals surface area contributed by atoms with Crippen LogP contribution in [-0.4, -0.2) is 27.4 Å². The first-order valence-corrected chi connectivity index (χ1v) is 6.88. The number of nitrogens with one attached hydrogen (secondary N) is 1. The summed E-state index contributed by atoms with van der Waals surface area (Å²) in [5.41, 5.74) is 4.75. The maximum atomic E-state index is 5.66. The number of benzene rings is 1. The second-order valence-electron chi connectivity index (χ2n) is 4.92. The van der Waals surface area contributed by atoms with Crippen LogP contribution in [0.15, 0.2) is 4.47 Å². The van der Waals surface area contributed by atoms with Crippen LogP contribution in [0.25, 0.3) is 0 Å². The van der Waals surface area contributed by atoms with E-state index < -0.39 is 0 Å². The number of likely N-dealkylation sites (N-methyl/N-ethyl adjacent to an activating group) is 1. The Balaban J connectivity index is 2.73. The average Bonchev–Trinajstić information content (AvgIpc) is 2.32. The topological polar surface area (TPSA) is 30.5 Å². The van der Waals surface area contributed by atoms with Gasteiger partial charge in [0.15, 0.2) is 0 Å². The molecule has 1 heterocycles. The van der Waals surface area contributed by atoms with Gasteiger partial charge in [0, 0.05) is 10.0 Å². The second kappa shape index (κ2) is 4.83. The summed E-state index contributed by atoms with van der Waals surface area (Å²) in [4.78, 5) is 0. The number of hydrogen-bond acceptors (Lipinski definition) is 3. The standard InChI is InChI=1S/C14H20BrNO2/c1-8-9(2)13(17-5)11(10(3)12(8)15)14(16-4)6-18-7-14/h16H,6-7H2,1-5H3. The van der Waals surface area contributed by atoms with Gasteiger partial charge in [0.05, 0.1) is 25.9 Å². The zero-order chi connectivity index (χ0) is 13.5. The number of methoxy groups -OCH3 is 1. The van der Waals surface area contributed by atoms with Gasteiger partial charge in [-0.05, 0) is 44.5 Å². The number of halogens is 1. The molecule has 1 N–H and O–H groups in total. The van der Waals surface area contributed by atoms with E-state index in [0.717, 1.165) is 10.2 Å². The summed E-state index contributed by atoms with van der Waals surface area (Å²) in [5.74, 6) is 0.978. The first-order valence-electron chi connectivity index (χ1n) is 6.09. The minimum Gasteiger partial charge on any atom is -0.496 e. The van der Waals surface area contributed by atoms with Gasteiger partial charge in [-0.15, -0.1) is 0 Å². The third-order valence-corrected chi connectivity index (χ3v) is 5.21. The first-order chi connectivity index (χ1) is 8.48. The lowest BCUT2D eigenvalue weighted by Crippen LogP contribution is -2.56. The van der Waals surface area contributed by atoms with Gasteiger partial charge in [0.2, 0.25) is 0 Å². The lowest BCUT2D eigenvalue weighted by atomic mass is 9.82. The fourth-order valence-corrected chi connectivity index (χ4v) is 3.13. The van der Waals surface area contributed by atoms with Crippen molar-refractivity contribution in [1.29, 1.82) is 0 Å². The fraction of sp³-hybridized carbons (Fsp3) is 0.571. The van der Waals surface area contributed by atoms with Crippen molar-refractivity contribution in [3.8, 4) is 5.75 Å². The van der Waals surface area contributed by atoms with Crippen LogP contribution in [0, 0.1) is 20.8 Å². The molecule has 0 saturated carbocycles. The molecule has 0 amide bonds. The van der Waals surface area contributed by atoms with E-state index in [-0.39, 0.29) is 5.54 Å². The van der Waals surface area contributed by atoms with Crippen molar-refractivity contribution in [2.75, 3.05) is 27.4 Å². The highest BCUT2D eigenvalue weighted by atomic mass is 79.9. The van der Waals surface area contributed by atoms with E-state index in [2.05, 4.69) is 42.0 Å². The molecule has 0 aliphatic carbocycles. The van der Waals surface area contributed by atoms with Crippen LogP contribution in [0.5, 0.6) is 5.75 Å². The summed E-state index contributed by atoms with van der Waals surface area (Å²) >= 11 is 3.69. The molecular weight excluding hydrogens is 294 g/mol. The van der Waals surface area contributed by atoms with Gasteiger partial charge in [-0.3, -0.25) is 0 Å². The first kappa shape index (κ1) is 13.8. The van der Waals surface area contributed by atoms with Crippen molar-refractivity contribution >= 4 is 15.9 Å². The summed E-state index contributed by atoms with van der Waals surface area (Å²) in [7, 11) is 3.71. The molecule has 2 rings (SSSR count). The largest absolute Gasteiger partial charge is 0.496 e. The Kier molecular flexibility index (Phi) is 3.72. The van der Waals surface area contributed by atoms with E-state index in [1.54, 1.807) is 7.11 Å². The van der Waals surface area contributed by atoms with Crippen LogP contribution < -0.4 is 10.1 Å². The third kappa shape index (κ3) is 1.78. The highest BCUT2D eigenvalue weighted by Crippen LogP contribution is 2.44. The van der Waals surface area contributed by atoms with Gasteiger partial charge in [-0.1, -0.05) is 15.9 Å². The molecule has 0 bridgehead atoms. The quantitative estimate of drug-likeness (QED) is 0.931. The van der Waals surface area contributed by atoms with Gasteiger partial charge in [-0.2, -0.15) is 0 Å². The molecule has 0 atom stereocenters. The van der Waals surface area contributed by atoms with Crippen molar-refractivity contribution in [2.24, 2.45) is 0 Å². The van der Waals surface area contributed by atoms with Crippen LogP contribution in [0.1, 0.15) is 22.3 Å². The molecule has 1 aromatic rings. The normalized spacial score (nSPS) is 17.4. The Morgan fingerprint density at radius 2 is 1.78 bits per heavy atom. The summed E-state index contributed by atoms with van der Waals surface area (Å²) in [6, 6.07) is 0. The average molecular weight is 314 g/mol. The lowest BCUT2D eigenvalue weighted by molar-refractivity contribution is -0.0760. The number of ether oxygens (including phenoxy) is 2. The zero-order valence-corrected chi connectivity index (χ0v) is 13.2. The predicted octanol–water partition coefficient (Wildman–Crippen LogP) is 2.83. The van der Waals surface area contributed by atoms with Crippen LogP contribution in [-0.2, 0) is 10.3 Å². The molecule has 100 valence electrons. The number of rotatable bonds is 3. The second-order valence-corrected chi connectivity index (χ2v) is 5.72. The van der Waals surface area contributed by atoms with Crippen molar-refractivity contribution in [2.45, 2.75) is 26.3 Å². The Morgan fingerprint density at radius 3 is 2.17 bits per heavy atom. The molecule has 1 aliphatic heterocycles. The molecule has 3 nitrogen and oxygen atoms in total. The predicted molar refractivity (Wildman–Crippen MR) is 76.5 cm³/mol.